The maximum Gasteiger partial charge on any atom is 0.0468 e. The van der Waals surface area contributed by atoms with Crippen molar-refractivity contribution in [1.29, 1.82) is 0 Å². The first-order valence-corrected chi connectivity index (χ1v) is 7.76. The second-order valence-corrected chi connectivity index (χ2v) is 6.20. The summed E-state index contributed by atoms with van der Waals surface area (Å²) < 4.78 is 5.51. The van der Waals surface area contributed by atoms with E-state index in [1.165, 1.54) is 24.8 Å². The first-order chi connectivity index (χ1) is 9.34. The SMILES string of the molecule is Clc1cccc(C2CNCCC2C2CCOCC2)c1. The summed E-state index contributed by atoms with van der Waals surface area (Å²) in [5.41, 5.74) is 1.40. The van der Waals surface area contributed by atoms with Gasteiger partial charge in [-0.3, -0.25) is 0 Å². The van der Waals surface area contributed by atoms with Crippen molar-refractivity contribution in [3.63, 3.8) is 0 Å². The highest BCUT2D eigenvalue weighted by Crippen LogP contribution is 2.39. The van der Waals surface area contributed by atoms with Gasteiger partial charge in [0.2, 0.25) is 0 Å². The van der Waals surface area contributed by atoms with E-state index in [9.17, 15) is 0 Å². The number of hydrogen-bond donors (Lipinski definition) is 1. The average Bonchev–Trinajstić information content (AvgIpc) is 2.48. The highest BCUT2D eigenvalue weighted by Gasteiger charge is 2.33. The topological polar surface area (TPSA) is 21.3 Å². The van der Waals surface area contributed by atoms with E-state index in [2.05, 4.69) is 23.5 Å². The molecule has 0 amide bonds. The Morgan fingerprint density at radius 2 is 2.00 bits per heavy atom. The Labute approximate surface area is 120 Å². The van der Waals surface area contributed by atoms with Crippen LogP contribution in [0.5, 0.6) is 0 Å². The summed E-state index contributed by atoms with van der Waals surface area (Å²) in [4.78, 5) is 0. The van der Waals surface area contributed by atoms with Crippen molar-refractivity contribution in [2.75, 3.05) is 26.3 Å². The normalized spacial score (nSPS) is 29.3. The third kappa shape index (κ3) is 3.13. The Hall–Kier alpha value is -0.570. The Morgan fingerprint density at radius 3 is 2.79 bits per heavy atom. The molecule has 2 saturated heterocycles. The predicted octanol–water partition coefficient (Wildman–Crippen LogP) is 3.46. The van der Waals surface area contributed by atoms with E-state index in [0.717, 1.165) is 43.2 Å². The van der Waals surface area contributed by atoms with E-state index in [4.69, 9.17) is 16.3 Å². The van der Waals surface area contributed by atoms with Gasteiger partial charge in [-0.05, 0) is 61.3 Å². The summed E-state index contributed by atoms with van der Waals surface area (Å²) in [6, 6.07) is 8.42. The first-order valence-electron chi connectivity index (χ1n) is 7.38. The molecule has 0 spiro atoms. The van der Waals surface area contributed by atoms with Gasteiger partial charge in [-0.2, -0.15) is 0 Å². The minimum absolute atomic E-state index is 0.607. The molecule has 1 aromatic rings. The molecule has 0 saturated carbocycles. The van der Waals surface area contributed by atoms with Crippen molar-refractivity contribution in [3.8, 4) is 0 Å². The molecular weight excluding hydrogens is 258 g/mol. The van der Waals surface area contributed by atoms with Crippen LogP contribution in [-0.4, -0.2) is 26.3 Å². The highest BCUT2D eigenvalue weighted by atomic mass is 35.5. The standard InChI is InChI=1S/C16H22ClNO/c17-14-3-1-2-13(10-14)16-11-18-7-4-15(16)12-5-8-19-9-6-12/h1-3,10,12,15-16,18H,4-9,11H2. The molecule has 3 rings (SSSR count). The summed E-state index contributed by atoms with van der Waals surface area (Å²) in [5, 5.41) is 4.40. The molecule has 2 fully saturated rings. The number of benzene rings is 1. The fourth-order valence-corrected chi connectivity index (χ4v) is 3.89. The molecule has 2 atom stereocenters. The van der Waals surface area contributed by atoms with Crippen LogP contribution in [0.4, 0.5) is 0 Å². The smallest absolute Gasteiger partial charge is 0.0468 e. The zero-order chi connectivity index (χ0) is 13.1. The van der Waals surface area contributed by atoms with Crippen LogP contribution in [0.15, 0.2) is 24.3 Å². The van der Waals surface area contributed by atoms with Gasteiger partial charge in [-0.15, -0.1) is 0 Å². The third-order valence-electron chi connectivity index (χ3n) is 4.68. The summed E-state index contributed by atoms with van der Waals surface area (Å²) in [6.45, 7) is 4.12. The lowest BCUT2D eigenvalue weighted by Crippen LogP contribution is -2.40. The Kier molecular flexibility index (Phi) is 4.42. The van der Waals surface area contributed by atoms with Crippen molar-refractivity contribution in [2.45, 2.75) is 25.2 Å². The lowest BCUT2D eigenvalue weighted by molar-refractivity contribution is 0.0356. The van der Waals surface area contributed by atoms with E-state index < -0.39 is 0 Å². The molecule has 2 aliphatic rings. The van der Waals surface area contributed by atoms with Gasteiger partial charge in [0, 0.05) is 24.8 Å². The molecule has 104 valence electrons. The molecule has 0 radical (unpaired) electrons. The van der Waals surface area contributed by atoms with E-state index in [0.29, 0.717) is 5.92 Å². The van der Waals surface area contributed by atoms with Crippen molar-refractivity contribution in [1.82, 2.24) is 5.32 Å². The monoisotopic (exact) mass is 279 g/mol. The minimum Gasteiger partial charge on any atom is -0.381 e. The Bertz CT molecular complexity index is 417. The summed E-state index contributed by atoms with van der Waals surface area (Å²) >= 11 is 6.16. The molecule has 2 unspecified atom stereocenters. The van der Waals surface area contributed by atoms with Gasteiger partial charge in [0.15, 0.2) is 0 Å². The molecule has 0 bridgehead atoms. The minimum atomic E-state index is 0.607. The molecular formula is C16H22ClNO. The molecule has 0 aromatic heterocycles. The highest BCUT2D eigenvalue weighted by molar-refractivity contribution is 6.30. The van der Waals surface area contributed by atoms with Crippen LogP contribution in [0.3, 0.4) is 0 Å². The third-order valence-corrected chi connectivity index (χ3v) is 4.92. The van der Waals surface area contributed by atoms with Crippen LogP contribution in [0.2, 0.25) is 5.02 Å². The van der Waals surface area contributed by atoms with Crippen LogP contribution in [-0.2, 0) is 4.74 Å². The van der Waals surface area contributed by atoms with Crippen molar-refractivity contribution in [2.24, 2.45) is 11.8 Å². The maximum atomic E-state index is 6.16. The lowest BCUT2D eigenvalue weighted by Gasteiger charge is -2.39. The molecule has 2 heterocycles. The second-order valence-electron chi connectivity index (χ2n) is 5.77. The van der Waals surface area contributed by atoms with Gasteiger partial charge in [0.1, 0.15) is 0 Å². The molecule has 3 heteroatoms. The van der Waals surface area contributed by atoms with Gasteiger partial charge < -0.3 is 10.1 Å². The predicted molar refractivity (Wildman–Crippen MR) is 78.7 cm³/mol. The number of ether oxygens (including phenoxy) is 1. The molecule has 19 heavy (non-hydrogen) atoms. The second kappa shape index (κ2) is 6.25. The number of hydrogen-bond acceptors (Lipinski definition) is 2. The number of rotatable bonds is 2. The molecule has 2 nitrogen and oxygen atoms in total. The van der Waals surface area contributed by atoms with Crippen molar-refractivity contribution in [3.05, 3.63) is 34.9 Å². The van der Waals surface area contributed by atoms with Crippen LogP contribution in [0.25, 0.3) is 0 Å². The molecule has 1 N–H and O–H groups in total. The zero-order valence-corrected chi connectivity index (χ0v) is 12.0. The van der Waals surface area contributed by atoms with E-state index in [1.54, 1.807) is 0 Å². The number of nitrogens with one attached hydrogen (secondary N) is 1. The Balaban J connectivity index is 1.80. The summed E-state index contributed by atoms with van der Waals surface area (Å²) in [7, 11) is 0. The van der Waals surface area contributed by atoms with E-state index in [-0.39, 0.29) is 0 Å². The largest absolute Gasteiger partial charge is 0.381 e. The van der Waals surface area contributed by atoms with Crippen LogP contribution in [0.1, 0.15) is 30.7 Å². The van der Waals surface area contributed by atoms with Crippen LogP contribution < -0.4 is 5.32 Å². The average molecular weight is 280 g/mol. The van der Waals surface area contributed by atoms with Crippen molar-refractivity contribution < 1.29 is 4.74 Å². The molecule has 1 aromatic carbocycles. The Morgan fingerprint density at radius 1 is 1.16 bits per heavy atom. The zero-order valence-electron chi connectivity index (χ0n) is 11.3. The summed E-state index contributed by atoms with van der Waals surface area (Å²) in [6.07, 6.45) is 3.73. The van der Waals surface area contributed by atoms with E-state index in [1.807, 2.05) is 6.07 Å². The first kappa shape index (κ1) is 13.4. The maximum absolute atomic E-state index is 6.16. The van der Waals surface area contributed by atoms with Crippen LogP contribution >= 0.6 is 11.6 Å². The molecule has 0 aliphatic carbocycles. The fraction of sp³-hybridized carbons (Fsp3) is 0.625. The van der Waals surface area contributed by atoms with Gasteiger partial charge >= 0.3 is 0 Å². The van der Waals surface area contributed by atoms with Gasteiger partial charge in [-0.1, -0.05) is 23.7 Å². The van der Waals surface area contributed by atoms with Gasteiger partial charge in [0.05, 0.1) is 0 Å². The van der Waals surface area contributed by atoms with Crippen LogP contribution in [0, 0.1) is 11.8 Å². The van der Waals surface area contributed by atoms with Gasteiger partial charge in [-0.25, -0.2) is 0 Å². The lowest BCUT2D eigenvalue weighted by atomic mass is 9.71. The quantitative estimate of drug-likeness (QED) is 0.895. The van der Waals surface area contributed by atoms with Gasteiger partial charge in [0.25, 0.3) is 0 Å². The van der Waals surface area contributed by atoms with E-state index >= 15 is 0 Å². The summed E-state index contributed by atoms with van der Waals surface area (Å²) in [5.74, 6) is 2.21. The molecule has 2 aliphatic heterocycles. The number of halogens is 1. The fourth-order valence-electron chi connectivity index (χ4n) is 3.69. The van der Waals surface area contributed by atoms with Crippen molar-refractivity contribution >= 4 is 11.6 Å². The number of piperidine rings is 1.